The van der Waals surface area contributed by atoms with Crippen molar-refractivity contribution in [3.8, 4) is 0 Å². The highest BCUT2D eigenvalue weighted by atomic mass is 16.1. The van der Waals surface area contributed by atoms with E-state index < -0.39 is 0 Å². The molecule has 1 aromatic carbocycles. The highest BCUT2D eigenvalue weighted by Gasteiger charge is 2.08. The molecule has 0 aliphatic heterocycles. The molecule has 2 aromatic rings. The number of carbonyl (C=O) groups excluding carboxylic acids is 1. The Balaban J connectivity index is 1.92. The van der Waals surface area contributed by atoms with Crippen LogP contribution < -0.4 is 11.1 Å². The van der Waals surface area contributed by atoms with Gasteiger partial charge in [0.05, 0.1) is 12.6 Å². The summed E-state index contributed by atoms with van der Waals surface area (Å²) in [6, 6.07) is 7.87. The fourth-order valence-corrected chi connectivity index (χ4v) is 1.87. The van der Waals surface area contributed by atoms with Crippen molar-refractivity contribution in [2.24, 2.45) is 7.05 Å². The number of rotatable bonds is 4. The van der Waals surface area contributed by atoms with Gasteiger partial charge in [0.15, 0.2) is 0 Å². The Bertz CT molecular complexity index is 589. The topological polar surface area (TPSA) is 72.9 Å². The zero-order valence-corrected chi connectivity index (χ0v) is 11.2. The van der Waals surface area contributed by atoms with E-state index in [9.17, 15) is 4.79 Å². The van der Waals surface area contributed by atoms with Crippen LogP contribution in [0.2, 0.25) is 0 Å². The summed E-state index contributed by atoms with van der Waals surface area (Å²) < 4.78 is 1.59. The number of hydrogen-bond donors (Lipinski definition) is 2. The van der Waals surface area contributed by atoms with E-state index in [1.54, 1.807) is 17.9 Å². The van der Waals surface area contributed by atoms with Crippen molar-refractivity contribution in [2.75, 3.05) is 5.73 Å². The lowest BCUT2D eigenvalue weighted by molar-refractivity contribution is -0.120. The molecule has 2 rings (SSSR count). The number of nitrogens with one attached hydrogen (secondary N) is 1. The van der Waals surface area contributed by atoms with Crippen LogP contribution in [0, 0.1) is 6.92 Å². The van der Waals surface area contributed by atoms with Gasteiger partial charge in [-0.25, -0.2) is 0 Å². The highest BCUT2D eigenvalue weighted by Crippen LogP contribution is 2.10. The van der Waals surface area contributed by atoms with Crippen molar-refractivity contribution < 1.29 is 4.79 Å². The van der Waals surface area contributed by atoms with Crippen LogP contribution >= 0.6 is 0 Å². The molecule has 0 saturated heterocycles. The summed E-state index contributed by atoms with van der Waals surface area (Å²) in [5.41, 5.74) is 8.81. The van der Waals surface area contributed by atoms with Crippen LogP contribution in [-0.4, -0.2) is 15.7 Å². The molecule has 1 heterocycles. The van der Waals surface area contributed by atoms with Gasteiger partial charge in [0.1, 0.15) is 5.82 Å². The highest BCUT2D eigenvalue weighted by molar-refractivity contribution is 5.79. The standard InChI is InChI=1S/C14H18N4O/c1-10-5-3-4-6-11(10)7-13(19)16-8-12-9-17-18(2)14(12)15/h3-6,9H,7-8,15H2,1-2H3,(H,16,19). The van der Waals surface area contributed by atoms with Crippen LogP contribution in [0.15, 0.2) is 30.5 Å². The average Bonchev–Trinajstić information content (AvgIpc) is 2.70. The number of hydrogen-bond acceptors (Lipinski definition) is 3. The lowest BCUT2D eigenvalue weighted by Crippen LogP contribution is -2.25. The van der Waals surface area contributed by atoms with Gasteiger partial charge in [-0.3, -0.25) is 9.48 Å². The van der Waals surface area contributed by atoms with Gasteiger partial charge in [-0.15, -0.1) is 0 Å². The molecule has 0 unspecified atom stereocenters. The molecule has 0 radical (unpaired) electrons. The van der Waals surface area contributed by atoms with Crippen molar-refractivity contribution in [3.05, 3.63) is 47.2 Å². The molecule has 0 fully saturated rings. The molecule has 1 amide bonds. The summed E-state index contributed by atoms with van der Waals surface area (Å²) in [6.07, 6.45) is 2.05. The first-order chi connectivity index (χ1) is 9.08. The second-order valence-corrected chi connectivity index (χ2v) is 4.56. The second kappa shape index (κ2) is 5.56. The maximum atomic E-state index is 11.9. The number of nitrogen functional groups attached to an aromatic ring is 1. The Kier molecular flexibility index (Phi) is 3.85. The molecule has 0 aliphatic rings. The summed E-state index contributed by atoms with van der Waals surface area (Å²) in [4.78, 5) is 11.9. The number of aromatic nitrogens is 2. The minimum Gasteiger partial charge on any atom is -0.384 e. The fraction of sp³-hybridized carbons (Fsp3) is 0.286. The largest absolute Gasteiger partial charge is 0.384 e. The van der Waals surface area contributed by atoms with Crippen molar-refractivity contribution in [1.29, 1.82) is 0 Å². The minimum absolute atomic E-state index is 0.0162. The Labute approximate surface area is 112 Å². The third-order valence-electron chi connectivity index (χ3n) is 3.15. The van der Waals surface area contributed by atoms with Gasteiger partial charge in [0.2, 0.25) is 5.91 Å². The zero-order valence-electron chi connectivity index (χ0n) is 11.2. The molecule has 0 saturated carbocycles. The van der Waals surface area contributed by atoms with E-state index in [2.05, 4.69) is 10.4 Å². The molecule has 0 atom stereocenters. The lowest BCUT2D eigenvalue weighted by atomic mass is 10.1. The number of amides is 1. The first kappa shape index (κ1) is 13.1. The van der Waals surface area contributed by atoms with Gasteiger partial charge in [0.25, 0.3) is 0 Å². The maximum absolute atomic E-state index is 11.9. The molecule has 0 spiro atoms. The molecule has 1 aromatic heterocycles. The van der Waals surface area contributed by atoms with Gasteiger partial charge in [-0.1, -0.05) is 24.3 Å². The molecule has 5 nitrogen and oxygen atoms in total. The maximum Gasteiger partial charge on any atom is 0.224 e. The number of anilines is 1. The van der Waals surface area contributed by atoms with Gasteiger partial charge in [-0.05, 0) is 18.1 Å². The number of aryl methyl sites for hydroxylation is 2. The van der Waals surface area contributed by atoms with Crippen LogP contribution in [0.25, 0.3) is 0 Å². The predicted octanol–water partition coefficient (Wildman–Crippen LogP) is 1.17. The van der Waals surface area contributed by atoms with Gasteiger partial charge < -0.3 is 11.1 Å². The van der Waals surface area contributed by atoms with Crippen LogP contribution in [0.5, 0.6) is 0 Å². The van der Waals surface area contributed by atoms with Crippen LogP contribution in [0.3, 0.4) is 0 Å². The Morgan fingerprint density at radius 1 is 1.37 bits per heavy atom. The molecule has 0 bridgehead atoms. The molecule has 5 heteroatoms. The molecule has 19 heavy (non-hydrogen) atoms. The Hall–Kier alpha value is -2.30. The second-order valence-electron chi connectivity index (χ2n) is 4.56. The van der Waals surface area contributed by atoms with Crippen molar-refractivity contribution >= 4 is 11.7 Å². The SMILES string of the molecule is Cc1ccccc1CC(=O)NCc1cnn(C)c1N. The first-order valence-corrected chi connectivity index (χ1v) is 6.15. The van der Waals surface area contributed by atoms with E-state index in [0.29, 0.717) is 18.8 Å². The van der Waals surface area contributed by atoms with E-state index in [1.807, 2.05) is 31.2 Å². The van der Waals surface area contributed by atoms with Crippen LogP contribution in [0.4, 0.5) is 5.82 Å². The van der Waals surface area contributed by atoms with Crippen LogP contribution in [-0.2, 0) is 24.8 Å². The van der Waals surface area contributed by atoms with Gasteiger partial charge in [-0.2, -0.15) is 5.10 Å². The van der Waals surface area contributed by atoms with Crippen molar-refractivity contribution in [3.63, 3.8) is 0 Å². The Morgan fingerprint density at radius 2 is 2.11 bits per heavy atom. The minimum atomic E-state index is -0.0162. The molecular formula is C14H18N4O. The summed E-state index contributed by atoms with van der Waals surface area (Å²) in [5, 5.41) is 6.89. The quantitative estimate of drug-likeness (QED) is 0.864. The van der Waals surface area contributed by atoms with Crippen molar-refractivity contribution in [2.45, 2.75) is 19.9 Å². The zero-order chi connectivity index (χ0) is 13.8. The van der Waals surface area contributed by atoms with E-state index in [-0.39, 0.29) is 5.91 Å². The predicted molar refractivity (Wildman–Crippen MR) is 74.4 cm³/mol. The average molecular weight is 258 g/mol. The smallest absolute Gasteiger partial charge is 0.224 e. The van der Waals surface area contributed by atoms with Crippen molar-refractivity contribution in [1.82, 2.24) is 15.1 Å². The number of nitrogens with zero attached hydrogens (tertiary/aromatic N) is 2. The summed E-state index contributed by atoms with van der Waals surface area (Å²) in [7, 11) is 1.77. The Morgan fingerprint density at radius 3 is 2.74 bits per heavy atom. The molecule has 0 aliphatic carbocycles. The number of carbonyl (C=O) groups is 1. The van der Waals surface area contributed by atoms with Gasteiger partial charge in [0, 0.05) is 19.2 Å². The third-order valence-corrected chi connectivity index (χ3v) is 3.15. The molecule has 3 N–H and O–H groups in total. The third kappa shape index (κ3) is 3.13. The lowest BCUT2D eigenvalue weighted by Gasteiger charge is -2.07. The van der Waals surface area contributed by atoms with Gasteiger partial charge >= 0.3 is 0 Å². The molecule has 100 valence electrons. The van der Waals surface area contributed by atoms with Crippen LogP contribution in [0.1, 0.15) is 16.7 Å². The monoisotopic (exact) mass is 258 g/mol. The van der Waals surface area contributed by atoms with E-state index in [0.717, 1.165) is 16.7 Å². The summed E-state index contributed by atoms with van der Waals surface area (Å²) >= 11 is 0. The first-order valence-electron chi connectivity index (χ1n) is 6.15. The molecular weight excluding hydrogens is 240 g/mol. The fourth-order valence-electron chi connectivity index (χ4n) is 1.87. The van der Waals surface area contributed by atoms with E-state index >= 15 is 0 Å². The van der Waals surface area contributed by atoms with E-state index in [1.165, 1.54) is 0 Å². The summed E-state index contributed by atoms with van der Waals surface area (Å²) in [5.74, 6) is 0.564. The number of nitrogens with two attached hydrogens (primary N) is 1. The normalized spacial score (nSPS) is 10.4. The number of benzene rings is 1. The summed E-state index contributed by atoms with van der Waals surface area (Å²) in [6.45, 7) is 2.41. The van der Waals surface area contributed by atoms with E-state index in [4.69, 9.17) is 5.73 Å².